The Labute approximate surface area is 197 Å². The monoisotopic (exact) mass is 477 g/mol. The minimum Gasteiger partial charge on any atom is -0.495 e. The topological polar surface area (TPSA) is 139 Å². The van der Waals surface area contributed by atoms with E-state index in [4.69, 9.17) is 21.4 Å². The number of aromatic nitrogens is 3. The van der Waals surface area contributed by atoms with Gasteiger partial charge in [0.05, 0.1) is 30.6 Å². The second-order valence-corrected chi connectivity index (χ2v) is 7.62. The van der Waals surface area contributed by atoms with E-state index >= 15 is 0 Å². The molecule has 3 heterocycles. The van der Waals surface area contributed by atoms with Crippen molar-refractivity contribution in [3.8, 4) is 22.9 Å². The Bertz CT molecular complexity index is 1550. The summed E-state index contributed by atoms with van der Waals surface area (Å²) in [5.41, 5.74) is 1.33. The summed E-state index contributed by atoms with van der Waals surface area (Å²) in [7, 11) is 1.41. The molecular weight excluding hydrogens is 462 g/mol. The highest BCUT2D eigenvalue weighted by Gasteiger charge is 2.16. The van der Waals surface area contributed by atoms with Crippen molar-refractivity contribution in [2.45, 2.75) is 6.54 Å². The number of carbonyl (C=O) groups excluding carboxylic acids is 1. The van der Waals surface area contributed by atoms with Crippen molar-refractivity contribution < 1.29 is 19.4 Å². The van der Waals surface area contributed by atoms with Gasteiger partial charge in [0.1, 0.15) is 17.9 Å². The lowest BCUT2D eigenvalue weighted by atomic mass is 10.0. The third-order valence-electron chi connectivity index (χ3n) is 4.97. The first kappa shape index (κ1) is 22.6. The van der Waals surface area contributed by atoms with Gasteiger partial charge in [-0.2, -0.15) is 5.26 Å². The molecule has 3 aromatic heterocycles. The van der Waals surface area contributed by atoms with Gasteiger partial charge in [-0.25, -0.2) is 9.78 Å². The summed E-state index contributed by atoms with van der Waals surface area (Å²) < 4.78 is 8.05. The highest BCUT2D eigenvalue weighted by Crippen LogP contribution is 2.32. The van der Waals surface area contributed by atoms with Crippen LogP contribution in [0.2, 0.25) is 5.02 Å². The SMILES string of the molecule is COc1cn(CC(=O)Nc2ccc3nc(C(=O)O)cn3c2)c(=O)cc1-c1cc(Cl)ccc1C#N. The van der Waals surface area contributed by atoms with Crippen LogP contribution in [0.1, 0.15) is 16.1 Å². The van der Waals surface area contributed by atoms with Gasteiger partial charge in [0.2, 0.25) is 5.91 Å². The zero-order valence-corrected chi connectivity index (χ0v) is 18.4. The minimum absolute atomic E-state index is 0.124. The van der Waals surface area contributed by atoms with E-state index in [0.717, 1.165) is 0 Å². The highest BCUT2D eigenvalue weighted by molar-refractivity contribution is 6.31. The number of nitrogens with zero attached hydrogens (tertiary/aromatic N) is 4. The highest BCUT2D eigenvalue weighted by atomic mass is 35.5. The molecule has 0 spiro atoms. The summed E-state index contributed by atoms with van der Waals surface area (Å²) >= 11 is 6.07. The van der Waals surface area contributed by atoms with E-state index in [-0.39, 0.29) is 18.0 Å². The van der Waals surface area contributed by atoms with E-state index < -0.39 is 17.4 Å². The first-order valence-corrected chi connectivity index (χ1v) is 10.2. The number of ether oxygens (including phenoxy) is 1. The second-order valence-electron chi connectivity index (χ2n) is 7.19. The predicted octanol–water partition coefficient (Wildman–Crippen LogP) is 3.03. The fourth-order valence-corrected chi connectivity index (χ4v) is 3.58. The van der Waals surface area contributed by atoms with Crippen LogP contribution in [-0.4, -0.2) is 38.0 Å². The van der Waals surface area contributed by atoms with Gasteiger partial charge in [-0.15, -0.1) is 0 Å². The molecule has 11 heteroatoms. The van der Waals surface area contributed by atoms with Crippen LogP contribution >= 0.6 is 11.6 Å². The number of imidazole rings is 1. The summed E-state index contributed by atoms with van der Waals surface area (Å²) in [4.78, 5) is 40.4. The van der Waals surface area contributed by atoms with Crippen molar-refractivity contribution in [1.29, 1.82) is 5.26 Å². The fourth-order valence-electron chi connectivity index (χ4n) is 3.41. The summed E-state index contributed by atoms with van der Waals surface area (Å²) in [5, 5.41) is 21.5. The molecule has 0 aliphatic heterocycles. The Hall–Kier alpha value is -4.62. The van der Waals surface area contributed by atoms with Crippen molar-refractivity contribution in [1.82, 2.24) is 14.0 Å². The Morgan fingerprint density at radius 3 is 2.68 bits per heavy atom. The molecule has 0 saturated carbocycles. The largest absolute Gasteiger partial charge is 0.495 e. The number of carbonyl (C=O) groups is 2. The minimum atomic E-state index is -1.16. The molecule has 4 rings (SSSR count). The Balaban J connectivity index is 1.60. The van der Waals surface area contributed by atoms with Crippen LogP contribution in [0.15, 0.2) is 59.8 Å². The molecule has 170 valence electrons. The number of carboxylic acids is 1. The molecule has 10 nitrogen and oxygen atoms in total. The van der Waals surface area contributed by atoms with Crippen LogP contribution < -0.4 is 15.6 Å². The average Bonchev–Trinajstić information content (AvgIpc) is 3.24. The molecule has 1 amide bonds. The number of anilines is 1. The van der Waals surface area contributed by atoms with E-state index in [0.29, 0.717) is 33.0 Å². The Morgan fingerprint density at radius 2 is 1.97 bits per heavy atom. The Kier molecular flexibility index (Phi) is 6.03. The standard InChI is InChI=1S/C23H16ClN5O5/c1-34-19-11-29(22(31)7-17(19)16-6-14(24)3-2-13(16)8-25)12-21(30)26-15-4-5-20-27-18(23(32)33)10-28(20)9-15/h2-7,9-11H,12H2,1H3,(H,26,30)(H,32,33). The normalized spacial score (nSPS) is 10.6. The third kappa shape index (κ3) is 4.46. The number of halogens is 1. The number of carboxylic acid groups (broad SMARTS) is 1. The first-order valence-electron chi connectivity index (χ1n) is 9.79. The molecular formula is C23H16ClN5O5. The lowest BCUT2D eigenvalue weighted by molar-refractivity contribution is -0.116. The number of nitriles is 1. The number of nitrogens with one attached hydrogen (secondary N) is 1. The number of aromatic carboxylic acids is 1. The third-order valence-corrected chi connectivity index (χ3v) is 5.20. The summed E-state index contributed by atoms with van der Waals surface area (Å²) in [6.07, 6.45) is 4.23. The molecule has 0 unspecified atom stereocenters. The molecule has 1 aromatic carbocycles. The van der Waals surface area contributed by atoms with Gasteiger partial charge in [0.25, 0.3) is 5.56 Å². The van der Waals surface area contributed by atoms with Crippen molar-refractivity contribution in [3.63, 3.8) is 0 Å². The zero-order chi connectivity index (χ0) is 24.4. The maximum Gasteiger partial charge on any atom is 0.356 e. The molecule has 0 fully saturated rings. The van der Waals surface area contributed by atoms with Gasteiger partial charge in [0.15, 0.2) is 5.69 Å². The number of benzene rings is 1. The lowest BCUT2D eigenvalue weighted by Gasteiger charge is -2.14. The van der Waals surface area contributed by atoms with Crippen molar-refractivity contribution in [3.05, 3.63) is 81.6 Å². The van der Waals surface area contributed by atoms with Crippen molar-refractivity contribution >= 4 is 34.8 Å². The quantitative estimate of drug-likeness (QED) is 0.435. The fraction of sp³-hybridized carbons (Fsp3) is 0.0870. The number of methoxy groups -OCH3 is 1. The van der Waals surface area contributed by atoms with E-state index in [1.54, 1.807) is 30.3 Å². The van der Waals surface area contributed by atoms with Crippen LogP contribution in [0, 0.1) is 11.3 Å². The van der Waals surface area contributed by atoms with Crippen LogP contribution in [0.4, 0.5) is 5.69 Å². The molecule has 2 N–H and O–H groups in total. The van der Waals surface area contributed by atoms with E-state index in [2.05, 4.69) is 16.4 Å². The van der Waals surface area contributed by atoms with Crippen LogP contribution in [0.3, 0.4) is 0 Å². The summed E-state index contributed by atoms with van der Waals surface area (Å²) in [6, 6.07) is 11.2. The summed E-state index contributed by atoms with van der Waals surface area (Å²) in [6.45, 7) is -0.307. The van der Waals surface area contributed by atoms with E-state index in [9.17, 15) is 19.6 Å². The summed E-state index contributed by atoms with van der Waals surface area (Å²) in [5.74, 6) is -1.37. The first-order chi connectivity index (χ1) is 16.3. The van der Waals surface area contributed by atoms with Crippen LogP contribution in [0.5, 0.6) is 5.75 Å². The number of amides is 1. The zero-order valence-electron chi connectivity index (χ0n) is 17.7. The molecule has 0 radical (unpaired) electrons. The number of rotatable bonds is 6. The smallest absolute Gasteiger partial charge is 0.356 e. The predicted molar refractivity (Wildman–Crippen MR) is 123 cm³/mol. The maximum atomic E-state index is 12.7. The average molecular weight is 478 g/mol. The molecule has 0 aliphatic carbocycles. The number of hydrogen-bond donors (Lipinski definition) is 2. The van der Waals surface area contributed by atoms with Gasteiger partial charge >= 0.3 is 5.97 Å². The van der Waals surface area contributed by atoms with Crippen molar-refractivity contribution in [2.75, 3.05) is 12.4 Å². The van der Waals surface area contributed by atoms with Crippen LogP contribution in [0.25, 0.3) is 16.8 Å². The molecule has 0 atom stereocenters. The van der Waals surface area contributed by atoms with E-state index in [1.807, 2.05) is 0 Å². The van der Waals surface area contributed by atoms with Gasteiger partial charge in [-0.05, 0) is 30.3 Å². The molecule has 0 aliphatic rings. The van der Waals surface area contributed by atoms with Gasteiger partial charge in [0, 0.05) is 34.6 Å². The van der Waals surface area contributed by atoms with Gasteiger partial charge in [-0.3, -0.25) is 9.59 Å². The second kappa shape index (κ2) is 9.09. The van der Waals surface area contributed by atoms with Gasteiger partial charge < -0.3 is 24.1 Å². The Morgan fingerprint density at radius 1 is 1.18 bits per heavy atom. The lowest BCUT2D eigenvalue weighted by Crippen LogP contribution is -2.27. The molecule has 0 bridgehead atoms. The number of pyridine rings is 2. The molecule has 34 heavy (non-hydrogen) atoms. The van der Waals surface area contributed by atoms with Gasteiger partial charge in [-0.1, -0.05) is 11.6 Å². The maximum absolute atomic E-state index is 12.7. The molecule has 0 saturated heterocycles. The van der Waals surface area contributed by atoms with Crippen LogP contribution in [-0.2, 0) is 11.3 Å². The van der Waals surface area contributed by atoms with E-state index in [1.165, 1.54) is 40.7 Å². The van der Waals surface area contributed by atoms with Crippen molar-refractivity contribution in [2.24, 2.45) is 0 Å². The molecule has 4 aromatic rings. The number of fused-ring (bicyclic) bond motifs is 1. The number of hydrogen-bond acceptors (Lipinski definition) is 6.